The van der Waals surface area contributed by atoms with Crippen LogP contribution >= 0.6 is 0 Å². The Morgan fingerprint density at radius 2 is 2.10 bits per heavy atom. The van der Waals surface area contributed by atoms with E-state index in [0.29, 0.717) is 16.9 Å². The van der Waals surface area contributed by atoms with Gasteiger partial charge in [0.1, 0.15) is 5.69 Å². The van der Waals surface area contributed by atoms with Crippen LogP contribution in [-0.2, 0) is 7.05 Å². The van der Waals surface area contributed by atoms with Crippen molar-refractivity contribution in [3.63, 3.8) is 0 Å². The van der Waals surface area contributed by atoms with Crippen molar-refractivity contribution in [1.29, 1.82) is 0 Å². The van der Waals surface area contributed by atoms with E-state index in [1.54, 1.807) is 50.6 Å². The minimum absolute atomic E-state index is 0.0507. The van der Waals surface area contributed by atoms with E-state index < -0.39 is 0 Å². The molecule has 0 bridgehead atoms. The summed E-state index contributed by atoms with van der Waals surface area (Å²) in [6.45, 7) is 0. The Kier molecular flexibility index (Phi) is 3.69. The Bertz CT molecular complexity index is 662. The molecule has 1 amide bonds. The largest absolute Gasteiger partial charge is 0.409 e. The molecule has 104 valence electrons. The van der Waals surface area contributed by atoms with E-state index in [-0.39, 0.29) is 11.7 Å². The molecule has 0 radical (unpaired) electrons. The van der Waals surface area contributed by atoms with Gasteiger partial charge >= 0.3 is 0 Å². The Balaban J connectivity index is 2.42. The number of para-hydroxylation sites is 1. The number of hydrogen-bond acceptors (Lipinski definition) is 4. The zero-order valence-electron chi connectivity index (χ0n) is 11.2. The number of hydrogen-bond donors (Lipinski definition) is 2. The van der Waals surface area contributed by atoms with Gasteiger partial charge in [-0.2, -0.15) is 5.10 Å². The van der Waals surface area contributed by atoms with Crippen molar-refractivity contribution in [2.24, 2.45) is 17.9 Å². The second-order valence-corrected chi connectivity index (χ2v) is 4.21. The van der Waals surface area contributed by atoms with Crippen molar-refractivity contribution >= 4 is 17.4 Å². The molecule has 2 aromatic rings. The molecule has 0 spiro atoms. The van der Waals surface area contributed by atoms with Gasteiger partial charge in [-0.05, 0) is 18.2 Å². The van der Waals surface area contributed by atoms with Gasteiger partial charge in [-0.3, -0.25) is 9.48 Å². The van der Waals surface area contributed by atoms with Gasteiger partial charge in [-0.1, -0.05) is 17.3 Å². The van der Waals surface area contributed by atoms with Crippen LogP contribution < -0.4 is 10.6 Å². The Morgan fingerprint density at radius 3 is 2.70 bits per heavy atom. The van der Waals surface area contributed by atoms with E-state index in [9.17, 15) is 4.79 Å². The number of anilines is 1. The van der Waals surface area contributed by atoms with Gasteiger partial charge in [-0.15, -0.1) is 0 Å². The number of amides is 1. The summed E-state index contributed by atoms with van der Waals surface area (Å²) in [5.74, 6) is -0.284. The van der Waals surface area contributed by atoms with E-state index in [2.05, 4.69) is 10.3 Å². The molecule has 0 aliphatic rings. The van der Waals surface area contributed by atoms with Crippen molar-refractivity contribution in [1.82, 2.24) is 9.78 Å². The fraction of sp³-hybridized carbons (Fsp3) is 0.154. The zero-order chi connectivity index (χ0) is 14.7. The summed E-state index contributed by atoms with van der Waals surface area (Å²) in [7, 11) is 3.31. The standard InChI is InChI=1S/C13H15N5O2/c1-17(13(19)11-7-8-15-18(11)2)10-6-4-3-5-9(10)12(14)16-20/h3-8,20H,1-2H3,(H2,14,16). The lowest BCUT2D eigenvalue weighted by atomic mass is 10.1. The van der Waals surface area contributed by atoms with E-state index in [4.69, 9.17) is 10.9 Å². The first-order chi connectivity index (χ1) is 9.56. The molecule has 7 nitrogen and oxygen atoms in total. The summed E-state index contributed by atoms with van der Waals surface area (Å²) < 4.78 is 1.49. The molecule has 1 aromatic heterocycles. The predicted octanol–water partition coefficient (Wildman–Crippen LogP) is 0.791. The summed E-state index contributed by atoms with van der Waals surface area (Å²) in [5, 5.41) is 15.8. The van der Waals surface area contributed by atoms with Crippen molar-refractivity contribution < 1.29 is 10.0 Å². The molecule has 0 saturated carbocycles. The van der Waals surface area contributed by atoms with Gasteiger partial charge in [0.05, 0.1) is 5.69 Å². The molecule has 0 saturated heterocycles. The molecule has 2 rings (SSSR count). The normalized spacial score (nSPS) is 11.4. The molecule has 3 N–H and O–H groups in total. The van der Waals surface area contributed by atoms with Crippen molar-refractivity contribution in [2.45, 2.75) is 0 Å². The lowest BCUT2D eigenvalue weighted by Crippen LogP contribution is -2.30. The van der Waals surface area contributed by atoms with Crippen LogP contribution in [0.25, 0.3) is 0 Å². The number of nitrogens with two attached hydrogens (primary N) is 1. The molecule has 20 heavy (non-hydrogen) atoms. The topological polar surface area (TPSA) is 96.7 Å². The molecule has 0 aliphatic carbocycles. The summed E-state index contributed by atoms with van der Waals surface area (Å²) in [6, 6.07) is 8.56. The predicted molar refractivity (Wildman–Crippen MR) is 74.9 cm³/mol. The van der Waals surface area contributed by atoms with Crippen LogP contribution in [-0.4, -0.2) is 33.8 Å². The van der Waals surface area contributed by atoms with Gasteiger partial charge in [-0.25, -0.2) is 0 Å². The van der Waals surface area contributed by atoms with Crippen LogP contribution in [0.4, 0.5) is 5.69 Å². The highest BCUT2D eigenvalue weighted by molar-refractivity contribution is 6.10. The first-order valence-corrected chi connectivity index (χ1v) is 5.89. The third kappa shape index (κ3) is 2.33. The number of nitrogens with zero attached hydrogens (tertiary/aromatic N) is 4. The van der Waals surface area contributed by atoms with Gasteiger partial charge in [0.2, 0.25) is 0 Å². The number of amidine groups is 1. The molecule has 1 heterocycles. The fourth-order valence-corrected chi connectivity index (χ4v) is 1.90. The summed E-state index contributed by atoms with van der Waals surface area (Å²) in [4.78, 5) is 13.8. The average molecular weight is 273 g/mol. The highest BCUT2D eigenvalue weighted by atomic mass is 16.4. The smallest absolute Gasteiger partial charge is 0.276 e. The first kappa shape index (κ1) is 13.6. The van der Waals surface area contributed by atoms with E-state index in [0.717, 1.165) is 0 Å². The van der Waals surface area contributed by atoms with Gasteiger partial charge in [0, 0.05) is 25.9 Å². The third-order valence-electron chi connectivity index (χ3n) is 2.99. The minimum Gasteiger partial charge on any atom is -0.409 e. The van der Waals surface area contributed by atoms with Crippen molar-refractivity contribution in [2.75, 3.05) is 11.9 Å². The molecule has 7 heteroatoms. The SMILES string of the molecule is CN(C(=O)c1ccnn1C)c1ccccc1/C(N)=N/O. The van der Waals surface area contributed by atoms with E-state index in [1.165, 1.54) is 9.58 Å². The second kappa shape index (κ2) is 5.43. The Morgan fingerprint density at radius 1 is 1.40 bits per heavy atom. The van der Waals surface area contributed by atoms with Gasteiger partial charge in [0.15, 0.2) is 5.84 Å². The van der Waals surface area contributed by atoms with Crippen LogP contribution in [0.15, 0.2) is 41.7 Å². The lowest BCUT2D eigenvalue weighted by Gasteiger charge is -2.20. The first-order valence-electron chi connectivity index (χ1n) is 5.89. The minimum atomic E-state index is -0.233. The molecule has 0 unspecified atom stereocenters. The number of rotatable bonds is 3. The Hall–Kier alpha value is -2.83. The van der Waals surface area contributed by atoms with Crippen LogP contribution in [0.1, 0.15) is 16.1 Å². The maximum Gasteiger partial charge on any atom is 0.276 e. The van der Waals surface area contributed by atoms with Gasteiger partial charge in [0.25, 0.3) is 5.91 Å². The van der Waals surface area contributed by atoms with Crippen LogP contribution in [0, 0.1) is 0 Å². The molecule has 1 aromatic carbocycles. The van der Waals surface area contributed by atoms with Crippen LogP contribution in [0.3, 0.4) is 0 Å². The molecular formula is C13H15N5O2. The average Bonchev–Trinajstić information content (AvgIpc) is 2.91. The number of aromatic nitrogens is 2. The lowest BCUT2D eigenvalue weighted by molar-refractivity contribution is 0.0984. The summed E-state index contributed by atoms with van der Waals surface area (Å²) in [6.07, 6.45) is 1.55. The van der Waals surface area contributed by atoms with Crippen LogP contribution in [0.2, 0.25) is 0 Å². The number of oxime groups is 1. The van der Waals surface area contributed by atoms with E-state index >= 15 is 0 Å². The molecule has 0 fully saturated rings. The zero-order valence-corrected chi connectivity index (χ0v) is 11.2. The number of benzene rings is 1. The highest BCUT2D eigenvalue weighted by Crippen LogP contribution is 2.20. The van der Waals surface area contributed by atoms with Gasteiger partial charge < -0.3 is 15.8 Å². The maximum absolute atomic E-state index is 12.4. The number of carbonyl (C=O) groups excluding carboxylic acids is 1. The summed E-state index contributed by atoms with van der Waals surface area (Å²) >= 11 is 0. The fourth-order valence-electron chi connectivity index (χ4n) is 1.90. The third-order valence-corrected chi connectivity index (χ3v) is 2.99. The molecular weight excluding hydrogens is 258 g/mol. The van der Waals surface area contributed by atoms with Crippen molar-refractivity contribution in [3.05, 3.63) is 47.8 Å². The highest BCUT2D eigenvalue weighted by Gasteiger charge is 2.19. The van der Waals surface area contributed by atoms with Crippen molar-refractivity contribution in [3.8, 4) is 0 Å². The van der Waals surface area contributed by atoms with E-state index in [1.807, 2.05) is 0 Å². The monoisotopic (exact) mass is 273 g/mol. The van der Waals surface area contributed by atoms with Crippen LogP contribution in [0.5, 0.6) is 0 Å². The summed E-state index contributed by atoms with van der Waals surface area (Å²) in [5.41, 5.74) is 7.10. The molecule has 0 atom stereocenters. The number of carbonyl (C=O) groups is 1. The maximum atomic E-state index is 12.4. The second-order valence-electron chi connectivity index (χ2n) is 4.21. The number of aryl methyl sites for hydroxylation is 1. The Labute approximate surface area is 115 Å². The quantitative estimate of drug-likeness (QED) is 0.374. The molecule has 0 aliphatic heterocycles.